The summed E-state index contributed by atoms with van der Waals surface area (Å²) in [6.45, 7) is 0.740. The Labute approximate surface area is 167 Å². The van der Waals surface area contributed by atoms with Crippen molar-refractivity contribution in [2.45, 2.75) is 30.7 Å². The van der Waals surface area contributed by atoms with Crippen molar-refractivity contribution >= 4 is 29.3 Å². The third kappa shape index (κ3) is 2.43. The summed E-state index contributed by atoms with van der Waals surface area (Å²) in [7, 11) is 0. The van der Waals surface area contributed by atoms with Gasteiger partial charge in [0.1, 0.15) is 5.82 Å². The van der Waals surface area contributed by atoms with Gasteiger partial charge in [0.25, 0.3) is 5.91 Å². The molecule has 1 saturated carbocycles. The molecule has 2 aliphatic heterocycles. The number of rotatable bonds is 3. The van der Waals surface area contributed by atoms with E-state index in [-0.39, 0.29) is 30.1 Å². The average molecular weight is 396 g/mol. The standard InChI is InChI=1S/C22H21FN2O2S/c23-18-10-3-1-6-16(18)14-24-19-11-4-2-9-17(19)22(21(24)27)25(12-13-28-22)20(26)15-7-5-8-15/h1-4,6,9-11,15H,5,7-8,12-14H2. The predicted octanol–water partition coefficient (Wildman–Crippen LogP) is 3.90. The van der Waals surface area contributed by atoms with Gasteiger partial charge in [-0.2, -0.15) is 0 Å². The molecule has 28 heavy (non-hydrogen) atoms. The van der Waals surface area contributed by atoms with Crippen LogP contribution in [0.4, 0.5) is 10.1 Å². The smallest absolute Gasteiger partial charge is 0.268 e. The van der Waals surface area contributed by atoms with Gasteiger partial charge in [-0.25, -0.2) is 4.39 Å². The number of hydrogen-bond donors (Lipinski definition) is 0. The fourth-order valence-corrected chi connectivity index (χ4v) is 5.89. The Bertz CT molecular complexity index is 961. The van der Waals surface area contributed by atoms with Crippen molar-refractivity contribution in [3.63, 3.8) is 0 Å². The van der Waals surface area contributed by atoms with Gasteiger partial charge in [-0.05, 0) is 25.0 Å². The van der Waals surface area contributed by atoms with E-state index in [4.69, 9.17) is 0 Å². The molecule has 0 N–H and O–H groups in total. The first-order valence-corrected chi connectivity index (χ1v) is 10.7. The first kappa shape index (κ1) is 17.7. The maximum Gasteiger partial charge on any atom is 0.268 e. The average Bonchev–Trinajstić information content (AvgIpc) is 3.20. The fourth-order valence-electron chi connectivity index (χ4n) is 4.42. The highest BCUT2D eigenvalue weighted by Crippen LogP contribution is 2.55. The molecule has 2 fully saturated rings. The molecule has 144 valence electrons. The summed E-state index contributed by atoms with van der Waals surface area (Å²) in [6.07, 6.45) is 2.89. The minimum Gasteiger partial charge on any atom is -0.315 e. The van der Waals surface area contributed by atoms with Crippen LogP contribution in [0.15, 0.2) is 48.5 Å². The summed E-state index contributed by atoms with van der Waals surface area (Å²) >= 11 is 1.53. The molecular formula is C22H21FN2O2S. The second-order valence-electron chi connectivity index (χ2n) is 7.61. The van der Waals surface area contributed by atoms with Crippen LogP contribution in [0, 0.1) is 11.7 Å². The third-order valence-electron chi connectivity index (χ3n) is 6.11. The van der Waals surface area contributed by atoms with Crippen LogP contribution in [0.3, 0.4) is 0 Å². The Hall–Kier alpha value is -2.34. The predicted molar refractivity (Wildman–Crippen MR) is 107 cm³/mol. The van der Waals surface area contributed by atoms with Crippen LogP contribution in [0.1, 0.15) is 30.4 Å². The van der Waals surface area contributed by atoms with Crippen molar-refractivity contribution < 1.29 is 14.0 Å². The number of fused-ring (bicyclic) bond motifs is 2. The number of halogens is 1. The van der Waals surface area contributed by atoms with Crippen molar-refractivity contribution in [3.05, 3.63) is 65.5 Å². The molecule has 4 nitrogen and oxygen atoms in total. The molecule has 1 spiro atoms. The third-order valence-corrected chi connectivity index (χ3v) is 7.53. The van der Waals surface area contributed by atoms with Gasteiger partial charge in [0.15, 0.2) is 4.87 Å². The number of carbonyl (C=O) groups is 2. The number of nitrogens with zero attached hydrogens (tertiary/aromatic N) is 2. The second-order valence-corrected chi connectivity index (χ2v) is 8.90. The monoisotopic (exact) mass is 396 g/mol. The SMILES string of the molecule is O=C(C1CCC1)N1CCSC12C(=O)N(Cc1ccccc1F)c1ccccc12. The van der Waals surface area contributed by atoms with Gasteiger partial charge < -0.3 is 9.80 Å². The summed E-state index contributed by atoms with van der Waals surface area (Å²) < 4.78 is 14.3. The number of amides is 2. The molecule has 2 aromatic carbocycles. The summed E-state index contributed by atoms with van der Waals surface area (Å²) in [5, 5.41) is 0. The lowest BCUT2D eigenvalue weighted by molar-refractivity contribution is -0.145. The van der Waals surface area contributed by atoms with E-state index in [1.165, 1.54) is 17.8 Å². The van der Waals surface area contributed by atoms with Crippen LogP contribution in [0.2, 0.25) is 0 Å². The van der Waals surface area contributed by atoms with Gasteiger partial charge in [0.2, 0.25) is 5.91 Å². The maximum atomic E-state index is 14.3. The molecule has 1 atom stereocenters. The number of benzene rings is 2. The van der Waals surface area contributed by atoms with Gasteiger partial charge in [-0.3, -0.25) is 9.59 Å². The van der Waals surface area contributed by atoms with Crippen molar-refractivity contribution in [1.29, 1.82) is 0 Å². The first-order chi connectivity index (χ1) is 13.6. The summed E-state index contributed by atoms with van der Waals surface area (Å²) in [6, 6.07) is 14.2. The van der Waals surface area contributed by atoms with E-state index in [1.807, 2.05) is 24.3 Å². The molecule has 2 heterocycles. The highest BCUT2D eigenvalue weighted by atomic mass is 32.2. The van der Waals surface area contributed by atoms with E-state index in [1.54, 1.807) is 28.0 Å². The van der Waals surface area contributed by atoms with Crippen molar-refractivity contribution in [3.8, 4) is 0 Å². The normalized spacial score (nSPS) is 24.0. The minimum atomic E-state index is -1.01. The molecule has 5 rings (SSSR count). The van der Waals surface area contributed by atoms with E-state index in [0.29, 0.717) is 12.1 Å². The first-order valence-electron chi connectivity index (χ1n) is 9.73. The van der Waals surface area contributed by atoms with E-state index < -0.39 is 4.87 Å². The van der Waals surface area contributed by atoms with Gasteiger partial charge in [0, 0.05) is 29.3 Å². The highest BCUT2D eigenvalue weighted by molar-refractivity contribution is 8.01. The van der Waals surface area contributed by atoms with Gasteiger partial charge >= 0.3 is 0 Å². The molecule has 2 aromatic rings. The lowest BCUT2D eigenvalue weighted by Gasteiger charge is -2.37. The highest BCUT2D eigenvalue weighted by Gasteiger charge is 2.60. The lowest BCUT2D eigenvalue weighted by Crippen LogP contribution is -2.52. The quantitative estimate of drug-likeness (QED) is 0.790. The topological polar surface area (TPSA) is 40.6 Å². The molecule has 2 amide bonds. The Morgan fingerprint density at radius 1 is 1.14 bits per heavy atom. The van der Waals surface area contributed by atoms with E-state index in [0.717, 1.165) is 36.3 Å². The van der Waals surface area contributed by atoms with Gasteiger partial charge in [0.05, 0.1) is 12.2 Å². The van der Waals surface area contributed by atoms with E-state index in [2.05, 4.69) is 0 Å². The van der Waals surface area contributed by atoms with Crippen LogP contribution in [0.25, 0.3) is 0 Å². The molecule has 6 heteroatoms. The maximum absolute atomic E-state index is 14.3. The number of anilines is 1. The summed E-state index contributed by atoms with van der Waals surface area (Å²) in [4.78, 5) is 29.3. The van der Waals surface area contributed by atoms with E-state index >= 15 is 0 Å². The van der Waals surface area contributed by atoms with Crippen LogP contribution >= 0.6 is 11.8 Å². The van der Waals surface area contributed by atoms with Crippen LogP contribution < -0.4 is 4.90 Å². The lowest BCUT2D eigenvalue weighted by atomic mass is 9.84. The van der Waals surface area contributed by atoms with Crippen molar-refractivity contribution in [2.24, 2.45) is 5.92 Å². The largest absolute Gasteiger partial charge is 0.315 e. The Balaban J connectivity index is 1.57. The zero-order valence-corrected chi connectivity index (χ0v) is 16.3. The molecular weight excluding hydrogens is 375 g/mol. The Morgan fingerprint density at radius 3 is 2.64 bits per heavy atom. The minimum absolute atomic E-state index is 0.0381. The zero-order valence-electron chi connectivity index (χ0n) is 15.4. The molecule has 0 aromatic heterocycles. The van der Waals surface area contributed by atoms with Gasteiger partial charge in [-0.1, -0.05) is 42.8 Å². The second kappa shape index (κ2) is 6.62. The van der Waals surface area contributed by atoms with E-state index in [9.17, 15) is 14.0 Å². The number of carbonyl (C=O) groups excluding carboxylic acids is 2. The Morgan fingerprint density at radius 2 is 1.89 bits per heavy atom. The van der Waals surface area contributed by atoms with Gasteiger partial charge in [-0.15, -0.1) is 11.8 Å². The Kier molecular flexibility index (Phi) is 4.19. The van der Waals surface area contributed by atoms with Crippen LogP contribution in [-0.2, 0) is 21.0 Å². The molecule has 1 unspecified atom stereocenters. The summed E-state index contributed by atoms with van der Waals surface area (Å²) in [5.74, 6) is 0.400. The fraction of sp³-hybridized carbons (Fsp3) is 0.364. The molecule has 0 bridgehead atoms. The zero-order chi connectivity index (χ0) is 19.3. The van der Waals surface area contributed by atoms with Crippen LogP contribution in [-0.4, -0.2) is 29.0 Å². The summed E-state index contributed by atoms with van der Waals surface area (Å²) in [5.41, 5.74) is 2.10. The number of thioether (sulfide) groups is 1. The van der Waals surface area contributed by atoms with Crippen LogP contribution in [0.5, 0.6) is 0 Å². The molecule has 1 saturated heterocycles. The van der Waals surface area contributed by atoms with Crippen molar-refractivity contribution in [2.75, 3.05) is 17.2 Å². The number of para-hydroxylation sites is 1. The molecule has 3 aliphatic rings. The molecule has 0 radical (unpaired) electrons. The molecule has 1 aliphatic carbocycles. The number of hydrogen-bond acceptors (Lipinski definition) is 3. The van der Waals surface area contributed by atoms with Crippen molar-refractivity contribution in [1.82, 2.24) is 4.90 Å².